The second-order valence-corrected chi connectivity index (χ2v) is 9.06. The van der Waals surface area contributed by atoms with Crippen LogP contribution in [0.25, 0.3) is 0 Å². The molecule has 0 nitrogen and oxygen atoms in total. The number of hydrogen-bond donors (Lipinski definition) is 0. The van der Waals surface area contributed by atoms with Crippen molar-refractivity contribution >= 4 is 23.8 Å². The summed E-state index contributed by atoms with van der Waals surface area (Å²) >= 11 is 3.58. The molecule has 0 bridgehead atoms. The van der Waals surface area contributed by atoms with Crippen LogP contribution >= 0.6 is 15.9 Å². The molecule has 0 saturated carbocycles. The van der Waals surface area contributed by atoms with E-state index in [-0.39, 0.29) is 0 Å². The average molecular weight is 359 g/mol. The molecule has 0 N–H and O–H groups in total. The molecule has 0 aliphatic carbocycles. The van der Waals surface area contributed by atoms with Crippen LogP contribution in [-0.4, -0.2) is 13.2 Å². The Bertz CT molecular complexity index is 246. The summed E-state index contributed by atoms with van der Waals surface area (Å²) in [4.78, 5) is 0. The maximum Gasteiger partial charge on any atom is 0.109 e. The number of alkyl halides is 1. The molecule has 0 aromatic carbocycles. The summed E-state index contributed by atoms with van der Waals surface area (Å²) in [7, 11) is 2.44. The smallest absolute Gasteiger partial charge is 0.0928 e. The van der Waals surface area contributed by atoms with Crippen molar-refractivity contribution in [2.75, 3.05) is 5.33 Å². The summed E-state index contributed by atoms with van der Waals surface area (Å²) in [5.41, 5.74) is 0.493. The van der Waals surface area contributed by atoms with Crippen molar-refractivity contribution in [3.63, 3.8) is 0 Å². The first-order valence-electron chi connectivity index (χ1n) is 9.36. The van der Waals surface area contributed by atoms with Gasteiger partial charge in [-0.05, 0) is 37.0 Å². The van der Waals surface area contributed by atoms with Crippen LogP contribution in [0.4, 0.5) is 0 Å². The maximum atomic E-state index is 3.58. The molecule has 2 heteroatoms. The summed E-state index contributed by atoms with van der Waals surface area (Å²) in [5.74, 6) is 0.953. The van der Waals surface area contributed by atoms with Gasteiger partial charge in [-0.3, -0.25) is 0 Å². The molecule has 0 saturated heterocycles. The van der Waals surface area contributed by atoms with Gasteiger partial charge in [0, 0.05) is 5.33 Å². The largest absolute Gasteiger partial charge is 0.109 e. The van der Waals surface area contributed by atoms with Gasteiger partial charge in [0.05, 0.1) is 0 Å². The molecule has 126 valence electrons. The van der Waals surface area contributed by atoms with E-state index in [1.54, 1.807) is 0 Å². The molecule has 0 rings (SSSR count). The first-order chi connectivity index (χ1) is 9.80. The van der Waals surface area contributed by atoms with E-state index in [4.69, 9.17) is 0 Å². The molecule has 0 aromatic rings. The Balaban J connectivity index is 4.44. The lowest BCUT2D eigenvalue weighted by Crippen LogP contribution is -2.31. The lowest BCUT2D eigenvalue weighted by atomic mass is 9.52. The van der Waals surface area contributed by atoms with Crippen molar-refractivity contribution in [2.24, 2.45) is 11.3 Å². The van der Waals surface area contributed by atoms with Crippen LogP contribution in [0.2, 0.25) is 5.31 Å². The number of hydrogen-bond acceptors (Lipinski definition) is 0. The summed E-state index contributed by atoms with van der Waals surface area (Å²) in [6, 6.07) is 0. The quantitative estimate of drug-likeness (QED) is 0.193. The highest BCUT2D eigenvalue weighted by Gasteiger charge is 2.36. The summed E-state index contributed by atoms with van der Waals surface area (Å²) < 4.78 is 0. The van der Waals surface area contributed by atoms with Gasteiger partial charge >= 0.3 is 0 Å². The molecule has 0 aliphatic rings. The third kappa shape index (κ3) is 8.67. The minimum absolute atomic E-state index is 0.418. The van der Waals surface area contributed by atoms with Gasteiger partial charge in [0.2, 0.25) is 0 Å². The average Bonchev–Trinajstić information content (AvgIpc) is 2.41. The predicted octanol–water partition coefficient (Wildman–Crippen LogP) is 6.78. The van der Waals surface area contributed by atoms with Crippen molar-refractivity contribution in [1.29, 1.82) is 0 Å². The highest BCUT2D eigenvalue weighted by molar-refractivity contribution is 9.09. The van der Waals surface area contributed by atoms with Crippen LogP contribution in [0.15, 0.2) is 0 Å². The number of unbranched alkanes of at least 4 members (excludes halogenated alkanes) is 3. The standard InChI is InChI=1S/C19H40BBr/c1-6-8-9-12-17(7-2)13-15-19(5,18(3,4)20)14-10-11-16-21/h17H,6-16,20H2,1-5H3. The maximum absolute atomic E-state index is 3.58. The zero-order valence-corrected chi connectivity index (χ0v) is 17.3. The highest BCUT2D eigenvalue weighted by atomic mass is 79.9. The van der Waals surface area contributed by atoms with Gasteiger partial charge in [0.15, 0.2) is 0 Å². The molecule has 0 spiro atoms. The van der Waals surface area contributed by atoms with Crippen molar-refractivity contribution in [2.45, 2.75) is 104 Å². The fourth-order valence-electron chi connectivity index (χ4n) is 3.24. The zero-order valence-electron chi connectivity index (χ0n) is 15.7. The fraction of sp³-hybridized carbons (Fsp3) is 1.00. The van der Waals surface area contributed by atoms with Gasteiger partial charge in [-0.1, -0.05) is 94.4 Å². The Kier molecular flexibility index (Phi) is 11.4. The molecular weight excluding hydrogens is 319 g/mol. The predicted molar refractivity (Wildman–Crippen MR) is 105 cm³/mol. The van der Waals surface area contributed by atoms with Gasteiger partial charge in [-0.2, -0.15) is 0 Å². The van der Waals surface area contributed by atoms with Crippen LogP contribution in [-0.2, 0) is 0 Å². The lowest BCUT2D eigenvalue weighted by Gasteiger charge is -2.43. The molecule has 21 heavy (non-hydrogen) atoms. The Morgan fingerprint density at radius 1 is 0.905 bits per heavy atom. The summed E-state index contributed by atoms with van der Waals surface area (Å²) in [6.07, 6.45) is 13.9. The van der Waals surface area contributed by atoms with Crippen LogP contribution in [0, 0.1) is 11.3 Å². The van der Waals surface area contributed by atoms with E-state index in [1.807, 2.05) is 0 Å². The van der Waals surface area contributed by atoms with E-state index in [0.29, 0.717) is 10.7 Å². The fourth-order valence-corrected chi connectivity index (χ4v) is 3.64. The molecule has 0 amide bonds. The van der Waals surface area contributed by atoms with Crippen molar-refractivity contribution in [3.8, 4) is 0 Å². The Morgan fingerprint density at radius 2 is 1.57 bits per heavy atom. The second-order valence-electron chi connectivity index (χ2n) is 8.27. The molecule has 0 fully saturated rings. The number of halogens is 1. The van der Waals surface area contributed by atoms with Gasteiger partial charge in [-0.25, -0.2) is 0 Å². The van der Waals surface area contributed by atoms with Crippen molar-refractivity contribution in [3.05, 3.63) is 0 Å². The van der Waals surface area contributed by atoms with E-state index in [0.717, 1.165) is 11.2 Å². The van der Waals surface area contributed by atoms with E-state index in [2.05, 4.69) is 58.4 Å². The molecule has 2 unspecified atom stereocenters. The Hall–Kier alpha value is 0.545. The Labute approximate surface area is 144 Å². The normalized spacial score (nSPS) is 16.7. The molecule has 2 atom stereocenters. The van der Waals surface area contributed by atoms with Crippen LogP contribution in [0.1, 0.15) is 98.8 Å². The van der Waals surface area contributed by atoms with Crippen LogP contribution in [0.5, 0.6) is 0 Å². The molecular formula is C19H40BBr. The third-order valence-corrected chi connectivity index (χ3v) is 6.38. The molecule has 0 aromatic heterocycles. The van der Waals surface area contributed by atoms with Gasteiger partial charge in [0.25, 0.3) is 0 Å². The van der Waals surface area contributed by atoms with Crippen LogP contribution < -0.4 is 0 Å². The van der Waals surface area contributed by atoms with Crippen molar-refractivity contribution < 1.29 is 0 Å². The lowest BCUT2D eigenvalue weighted by molar-refractivity contribution is 0.170. The first-order valence-corrected chi connectivity index (χ1v) is 10.5. The zero-order chi connectivity index (χ0) is 16.4. The molecule has 0 heterocycles. The van der Waals surface area contributed by atoms with E-state index in [1.165, 1.54) is 64.2 Å². The summed E-state index contributed by atoms with van der Waals surface area (Å²) in [5, 5.41) is 1.57. The minimum atomic E-state index is 0.418. The summed E-state index contributed by atoms with van der Waals surface area (Å²) in [6.45, 7) is 12.1. The third-order valence-electron chi connectivity index (χ3n) is 5.82. The topological polar surface area (TPSA) is 0 Å². The SMILES string of the molecule is BC(C)(C)C(C)(CCCCBr)CCC(CC)CCCCC. The van der Waals surface area contributed by atoms with Gasteiger partial charge in [0.1, 0.15) is 7.85 Å². The monoisotopic (exact) mass is 358 g/mol. The van der Waals surface area contributed by atoms with Crippen LogP contribution in [0.3, 0.4) is 0 Å². The second kappa shape index (κ2) is 11.1. The number of rotatable bonds is 13. The van der Waals surface area contributed by atoms with E-state index < -0.39 is 0 Å². The van der Waals surface area contributed by atoms with Crippen molar-refractivity contribution in [1.82, 2.24) is 0 Å². The van der Waals surface area contributed by atoms with E-state index in [9.17, 15) is 0 Å². The first kappa shape index (κ1) is 21.5. The Morgan fingerprint density at radius 3 is 2.05 bits per heavy atom. The molecule has 0 radical (unpaired) electrons. The van der Waals surface area contributed by atoms with Gasteiger partial charge < -0.3 is 0 Å². The van der Waals surface area contributed by atoms with Gasteiger partial charge in [-0.15, -0.1) is 0 Å². The van der Waals surface area contributed by atoms with E-state index >= 15 is 0 Å². The highest BCUT2D eigenvalue weighted by Crippen LogP contribution is 2.50. The minimum Gasteiger partial charge on any atom is -0.0928 e. The molecule has 0 aliphatic heterocycles.